The fourth-order valence-corrected chi connectivity index (χ4v) is 5.33. The Labute approximate surface area is 295 Å². The Morgan fingerprint density at radius 3 is 0.592 bits per heavy atom. The molecule has 0 spiro atoms. The maximum Gasteiger partial charge on any atom is 0.208 e. The maximum absolute atomic E-state index is 11.9. The van der Waals surface area contributed by atoms with Gasteiger partial charge in [0, 0.05) is 5.41 Å². The number of benzene rings is 2. The van der Waals surface area contributed by atoms with Crippen LogP contribution in [0, 0.1) is 0 Å². The molecule has 0 aromatic heterocycles. The van der Waals surface area contributed by atoms with Crippen LogP contribution in [0.15, 0.2) is 0 Å². The molecule has 0 aliphatic heterocycles. The van der Waals surface area contributed by atoms with Crippen molar-refractivity contribution >= 4 is 0 Å². The molecule has 0 radical (unpaired) electrons. The smallest absolute Gasteiger partial charge is 0.208 e. The van der Waals surface area contributed by atoms with E-state index in [4.69, 9.17) is 37.9 Å². The molecule has 2 aromatic rings. The van der Waals surface area contributed by atoms with Crippen LogP contribution in [0.25, 0.3) is 0 Å². The van der Waals surface area contributed by atoms with Crippen LogP contribution in [0.2, 0.25) is 0 Å². The van der Waals surface area contributed by atoms with Gasteiger partial charge in [0.05, 0.1) is 60.0 Å². The lowest BCUT2D eigenvalue weighted by molar-refractivity contribution is 0.158. The van der Waals surface area contributed by atoms with E-state index in [2.05, 4.69) is 0 Å². The molecule has 10 nitrogen and oxygen atoms in total. The van der Waals surface area contributed by atoms with Gasteiger partial charge in [-0.25, -0.2) is 0 Å². The Balaban J connectivity index is 3.52. The Morgan fingerprint density at radius 1 is 0.306 bits per heavy atom. The van der Waals surface area contributed by atoms with Gasteiger partial charge in [-0.2, -0.15) is 0 Å². The number of phenolic OH excluding ortho intramolecular Hbond substituents is 2. The van der Waals surface area contributed by atoms with E-state index in [0.29, 0.717) is 11.1 Å². The second kappa shape index (κ2) is 16.9. The van der Waals surface area contributed by atoms with Crippen LogP contribution in [0.1, 0.15) is 136 Å². The normalized spacial score (nSPS) is 12.3. The molecule has 0 bridgehead atoms. The van der Waals surface area contributed by atoms with E-state index in [1.807, 2.05) is 125 Å². The summed E-state index contributed by atoms with van der Waals surface area (Å²) in [5, 5.41) is 23.7. The molecule has 0 saturated carbocycles. The first-order valence-corrected chi connectivity index (χ1v) is 17.7. The summed E-state index contributed by atoms with van der Waals surface area (Å²) in [7, 11) is 0. The Hall–Kier alpha value is -3.56. The second-order valence-corrected chi connectivity index (χ2v) is 15.0. The summed E-state index contributed by atoms with van der Waals surface area (Å²) in [6.45, 7) is 34.2. The van der Waals surface area contributed by atoms with Gasteiger partial charge < -0.3 is 48.1 Å². The number of ether oxygens (including phenoxy) is 8. The number of rotatable bonds is 18. The van der Waals surface area contributed by atoms with Crippen LogP contribution in [-0.4, -0.2) is 59.0 Å². The Morgan fingerprint density at radius 2 is 0.449 bits per heavy atom. The molecule has 0 amide bonds. The molecule has 10 heteroatoms. The lowest BCUT2D eigenvalue weighted by atomic mass is 9.75. The molecule has 0 saturated heterocycles. The van der Waals surface area contributed by atoms with Gasteiger partial charge in [0.25, 0.3) is 0 Å². The van der Waals surface area contributed by atoms with Crippen molar-refractivity contribution in [3.63, 3.8) is 0 Å². The molecule has 2 N–H and O–H groups in total. The molecule has 0 heterocycles. The largest absolute Gasteiger partial charge is 0.501 e. The number of phenols is 2. The molecular weight excluding hydrogens is 628 g/mol. The van der Waals surface area contributed by atoms with Gasteiger partial charge >= 0.3 is 0 Å². The van der Waals surface area contributed by atoms with Gasteiger partial charge in [0.1, 0.15) is 0 Å². The highest BCUT2D eigenvalue weighted by atomic mass is 16.6. The third-order valence-electron chi connectivity index (χ3n) is 6.67. The second-order valence-electron chi connectivity index (χ2n) is 15.0. The van der Waals surface area contributed by atoms with Crippen molar-refractivity contribution in [3.8, 4) is 57.5 Å². The summed E-state index contributed by atoms with van der Waals surface area (Å²) in [5.74, 6) is 1.10. The maximum atomic E-state index is 11.9. The predicted molar refractivity (Wildman–Crippen MR) is 194 cm³/mol. The van der Waals surface area contributed by atoms with E-state index in [1.54, 1.807) is 0 Å². The van der Waals surface area contributed by atoms with Crippen LogP contribution < -0.4 is 37.9 Å². The molecule has 0 fully saturated rings. The van der Waals surface area contributed by atoms with Crippen LogP contribution in [0.4, 0.5) is 0 Å². The average Bonchev–Trinajstić information content (AvgIpc) is 2.91. The van der Waals surface area contributed by atoms with Gasteiger partial charge in [0.2, 0.25) is 34.5 Å². The molecule has 0 aliphatic carbocycles. The van der Waals surface area contributed by atoms with Crippen molar-refractivity contribution in [3.05, 3.63) is 11.1 Å². The quantitative estimate of drug-likeness (QED) is 0.156. The molecule has 0 aliphatic rings. The van der Waals surface area contributed by atoms with E-state index < -0.39 is 5.41 Å². The van der Waals surface area contributed by atoms with Crippen LogP contribution in [0.5, 0.6) is 57.5 Å². The third-order valence-corrected chi connectivity index (χ3v) is 6.67. The summed E-state index contributed by atoms with van der Waals surface area (Å²) in [6, 6.07) is 0. The lowest BCUT2D eigenvalue weighted by Crippen LogP contribution is -2.28. The molecule has 2 rings (SSSR count). The zero-order chi connectivity index (χ0) is 37.7. The summed E-state index contributed by atoms with van der Waals surface area (Å²) in [5.41, 5.74) is -0.130. The summed E-state index contributed by atoms with van der Waals surface area (Å²) < 4.78 is 51.7. The fraction of sp³-hybridized carbons (Fsp3) is 0.692. The van der Waals surface area contributed by atoms with Crippen molar-refractivity contribution in [2.75, 3.05) is 0 Å². The van der Waals surface area contributed by atoms with Gasteiger partial charge in [0.15, 0.2) is 23.0 Å². The minimum absolute atomic E-state index is 0.118. The molecule has 0 unspecified atom stereocenters. The van der Waals surface area contributed by atoms with Crippen molar-refractivity contribution in [2.45, 2.75) is 179 Å². The summed E-state index contributed by atoms with van der Waals surface area (Å²) in [4.78, 5) is 0. The zero-order valence-corrected chi connectivity index (χ0v) is 33.3. The van der Waals surface area contributed by atoms with Gasteiger partial charge in [-0.15, -0.1) is 0 Å². The first-order valence-electron chi connectivity index (χ1n) is 17.7. The molecule has 280 valence electrons. The molecule has 49 heavy (non-hydrogen) atoms. The third kappa shape index (κ3) is 10.2. The SMILES string of the molecule is CC(C)Oc1c(O)c(OC(C)C)c(OC(C)C)c(C(C)(C)c2c(OC(C)C)c(OC(C)C)c(O)c(OC(C)C)c2OC(C)C)c1OC(C)C. The first kappa shape index (κ1) is 41.6. The molecule has 2 aromatic carbocycles. The van der Waals surface area contributed by atoms with Crippen LogP contribution >= 0.6 is 0 Å². The zero-order valence-electron chi connectivity index (χ0n) is 33.3. The number of hydrogen-bond acceptors (Lipinski definition) is 10. The Kier molecular flexibility index (Phi) is 14.4. The van der Waals surface area contributed by atoms with Crippen LogP contribution in [0.3, 0.4) is 0 Å². The van der Waals surface area contributed by atoms with E-state index >= 15 is 0 Å². The monoisotopic (exact) mass is 692 g/mol. The topological polar surface area (TPSA) is 114 Å². The van der Waals surface area contributed by atoms with Gasteiger partial charge in [-0.3, -0.25) is 0 Å². The van der Waals surface area contributed by atoms with Crippen molar-refractivity contribution in [2.24, 2.45) is 0 Å². The average molecular weight is 693 g/mol. The van der Waals surface area contributed by atoms with Crippen molar-refractivity contribution in [1.82, 2.24) is 0 Å². The summed E-state index contributed by atoms with van der Waals surface area (Å²) >= 11 is 0. The van der Waals surface area contributed by atoms with E-state index in [9.17, 15) is 10.2 Å². The molecular formula is C39H64O10. The van der Waals surface area contributed by atoms with E-state index in [0.717, 1.165) is 0 Å². The van der Waals surface area contributed by atoms with Crippen molar-refractivity contribution < 1.29 is 48.1 Å². The molecule has 0 atom stereocenters. The van der Waals surface area contributed by atoms with Crippen LogP contribution in [-0.2, 0) is 5.41 Å². The summed E-state index contributed by atoms with van der Waals surface area (Å²) in [6.07, 6.45) is -2.63. The minimum atomic E-state index is -1.15. The number of hydrogen-bond donors (Lipinski definition) is 2. The minimum Gasteiger partial charge on any atom is -0.501 e. The van der Waals surface area contributed by atoms with Gasteiger partial charge in [-0.05, 0) is 111 Å². The fourth-order valence-electron chi connectivity index (χ4n) is 5.33. The van der Waals surface area contributed by atoms with Gasteiger partial charge in [-0.1, -0.05) is 13.8 Å². The Bertz CT molecular complexity index is 1190. The number of aromatic hydroxyl groups is 2. The highest BCUT2D eigenvalue weighted by Crippen LogP contribution is 2.64. The van der Waals surface area contributed by atoms with E-state index in [1.165, 1.54) is 0 Å². The lowest BCUT2D eigenvalue weighted by Gasteiger charge is -2.37. The highest BCUT2D eigenvalue weighted by molar-refractivity contribution is 5.78. The first-order chi connectivity index (χ1) is 22.5. The van der Waals surface area contributed by atoms with Crippen molar-refractivity contribution in [1.29, 1.82) is 0 Å². The predicted octanol–water partition coefficient (Wildman–Crippen LogP) is 9.72. The standard InChI is InChI=1S/C39H64O10/c1-19(2)42-31-27(32(43-20(3)4)36(47-24(11)12)29(40)35(31)46-23(9)10)39(17,18)28-33(44-21(5)6)37(48-25(13)14)30(41)38(49-26(15)16)34(28)45-22(7)8/h19-26,40-41H,1-18H3. The van der Waals surface area contributed by atoms with E-state index in [-0.39, 0.29) is 106 Å². The highest BCUT2D eigenvalue weighted by Gasteiger charge is 2.45.